The van der Waals surface area contributed by atoms with Crippen molar-refractivity contribution >= 4 is 29.9 Å². The van der Waals surface area contributed by atoms with Gasteiger partial charge in [0.15, 0.2) is 5.96 Å². The number of methoxy groups -OCH3 is 1. The number of guanidine groups is 1. The zero-order chi connectivity index (χ0) is 17.5. The number of aromatic nitrogens is 1. The molecule has 0 bridgehead atoms. The Labute approximate surface area is 172 Å². The number of aliphatic imine (C=N–C) groups is 1. The molecular weight excluding hydrogens is 447 g/mol. The highest BCUT2D eigenvalue weighted by Gasteiger charge is 2.32. The van der Waals surface area contributed by atoms with Crippen LogP contribution >= 0.6 is 24.0 Å². The van der Waals surface area contributed by atoms with Crippen LogP contribution in [0.25, 0.3) is 0 Å². The Kier molecular flexibility index (Phi) is 8.86. The number of pyridine rings is 1. The van der Waals surface area contributed by atoms with Crippen LogP contribution in [0, 0.1) is 0 Å². The lowest BCUT2D eigenvalue weighted by molar-refractivity contribution is -0.0817. The van der Waals surface area contributed by atoms with Crippen LogP contribution in [0.1, 0.15) is 25.3 Å². The third kappa shape index (κ3) is 5.68. The molecule has 3 rings (SSSR count). The van der Waals surface area contributed by atoms with Crippen molar-refractivity contribution in [1.82, 2.24) is 15.2 Å². The minimum atomic E-state index is 0. The first kappa shape index (κ1) is 21.2. The summed E-state index contributed by atoms with van der Waals surface area (Å²) in [5, 5.41) is 3.39. The summed E-state index contributed by atoms with van der Waals surface area (Å²) in [5.74, 6) is 1.53. The number of rotatable bonds is 5. The first-order chi connectivity index (χ1) is 12.3. The van der Waals surface area contributed by atoms with Gasteiger partial charge in [-0.2, -0.15) is 0 Å². The lowest BCUT2D eigenvalue weighted by Gasteiger charge is -2.37. The minimum absolute atomic E-state index is 0. The third-order valence-corrected chi connectivity index (χ3v) is 4.53. The fraction of sp³-hybridized carbons (Fsp3) is 0.667. The van der Waals surface area contributed by atoms with Crippen molar-refractivity contribution in [2.45, 2.75) is 38.5 Å². The summed E-state index contributed by atoms with van der Waals surface area (Å²) in [6.07, 6.45) is 4.31. The summed E-state index contributed by atoms with van der Waals surface area (Å²) in [6.45, 7) is 6.72. The van der Waals surface area contributed by atoms with Crippen LogP contribution in [0.5, 0.6) is 5.88 Å². The molecule has 0 aromatic carbocycles. The van der Waals surface area contributed by atoms with Crippen molar-refractivity contribution in [3.05, 3.63) is 23.9 Å². The molecule has 146 valence electrons. The maximum Gasteiger partial charge on any atom is 0.213 e. The van der Waals surface area contributed by atoms with E-state index >= 15 is 0 Å². The highest BCUT2D eigenvalue weighted by Crippen LogP contribution is 2.21. The Morgan fingerprint density at radius 3 is 2.96 bits per heavy atom. The second-order valence-electron chi connectivity index (χ2n) is 6.28. The van der Waals surface area contributed by atoms with Gasteiger partial charge in [-0.15, -0.1) is 24.0 Å². The van der Waals surface area contributed by atoms with Crippen LogP contribution in [0.15, 0.2) is 23.3 Å². The van der Waals surface area contributed by atoms with Gasteiger partial charge < -0.3 is 24.4 Å². The van der Waals surface area contributed by atoms with Crippen LogP contribution in [-0.2, 0) is 16.0 Å². The van der Waals surface area contributed by atoms with Gasteiger partial charge in [0.1, 0.15) is 6.10 Å². The van der Waals surface area contributed by atoms with Gasteiger partial charge in [-0.25, -0.2) is 9.98 Å². The average molecular weight is 476 g/mol. The topological polar surface area (TPSA) is 68.2 Å². The predicted octanol–water partition coefficient (Wildman–Crippen LogP) is 2.05. The lowest BCUT2D eigenvalue weighted by atomic mass is 10.1. The molecule has 2 atom stereocenters. The zero-order valence-electron chi connectivity index (χ0n) is 15.5. The van der Waals surface area contributed by atoms with Crippen LogP contribution in [-0.4, -0.2) is 68.0 Å². The summed E-state index contributed by atoms with van der Waals surface area (Å²) >= 11 is 0. The van der Waals surface area contributed by atoms with E-state index in [1.54, 1.807) is 13.3 Å². The van der Waals surface area contributed by atoms with Crippen molar-refractivity contribution in [3.63, 3.8) is 0 Å². The van der Waals surface area contributed by atoms with E-state index in [2.05, 4.69) is 22.1 Å². The lowest BCUT2D eigenvalue weighted by Crippen LogP contribution is -2.53. The van der Waals surface area contributed by atoms with Gasteiger partial charge in [0, 0.05) is 38.5 Å². The van der Waals surface area contributed by atoms with Crippen LogP contribution < -0.4 is 10.1 Å². The molecule has 8 heteroatoms. The van der Waals surface area contributed by atoms with Crippen LogP contribution in [0.4, 0.5) is 0 Å². The molecule has 26 heavy (non-hydrogen) atoms. The van der Waals surface area contributed by atoms with Gasteiger partial charge in [-0.1, -0.05) is 0 Å². The third-order valence-electron chi connectivity index (χ3n) is 4.53. The SMILES string of the molecule is CCNC(=NCc1ccnc(OC)c1)N1CCOC(C2CCCO2)C1.I. The second kappa shape index (κ2) is 10.9. The molecule has 2 unspecified atom stereocenters. The number of hydrogen-bond acceptors (Lipinski definition) is 5. The number of hydrogen-bond donors (Lipinski definition) is 1. The van der Waals surface area contributed by atoms with Gasteiger partial charge in [-0.3, -0.25) is 0 Å². The maximum atomic E-state index is 5.94. The molecule has 0 aliphatic carbocycles. The number of halogens is 1. The molecule has 1 aromatic heterocycles. The van der Waals surface area contributed by atoms with E-state index in [9.17, 15) is 0 Å². The smallest absolute Gasteiger partial charge is 0.213 e. The quantitative estimate of drug-likeness (QED) is 0.399. The summed E-state index contributed by atoms with van der Waals surface area (Å²) in [4.78, 5) is 11.2. The van der Waals surface area contributed by atoms with Gasteiger partial charge in [0.2, 0.25) is 5.88 Å². The highest BCUT2D eigenvalue weighted by atomic mass is 127. The molecule has 7 nitrogen and oxygen atoms in total. The molecule has 2 aliphatic rings. The molecule has 3 heterocycles. The van der Waals surface area contributed by atoms with Crippen molar-refractivity contribution in [2.24, 2.45) is 4.99 Å². The van der Waals surface area contributed by atoms with E-state index in [-0.39, 0.29) is 36.2 Å². The molecule has 0 spiro atoms. The van der Waals surface area contributed by atoms with E-state index < -0.39 is 0 Å². The molecule has 1 aromatic rings. The number of morpholine rings is 1. The molecule has 0 amide bonds. The summed E-state index contributed by atoms with van der Waals surface area (Å²) in [6, 6.07) is 3.88. The van der Waals surface area contributed by atoms with Crippen LogP contribution in [0.3, 0.4) is 0 Å². The maximum absolute atomic E-state index is 5.94. The van der Waals surface area contributed by atoms with Crippen molar-refractivity contribution < 1.29 is 14.2 Å². The molecule has 2 saturated heterocycles. The number of nitrogens with one attached hydrogen (secondary N) is 1. The van der Waals surface area contributed by atoms with E-state index in [1.807, 2.05) is 12.1 Å². The molecule has 0 radical (unpaired) electrons. The fourth-order valence-corrected chi connectivity index (χ4v) is 3.24. The average Bonchev–Trinajstić information content (AvgIpc) is 3.20. The Morgan fingerprint density at radius 2 is 2.23 bits per heavy atom. The van der Waals surface area contributed by atoms with E-state index in [0.717, 1.165) is 50.6 Å². The second-order valence-corrected chi connectivity index (χ2v) is 6.28. The fourth-order valence-electron chi connectivity index (χ4n) is 3.24. The summed E-state index contributed by atoms with van der Waals surface area (Å²) in [5.41, 5.74) is 1.08. The first-order valence-electron chi connectivity index (χ1n) is 9.05. The monoisotopic (exact) mass is 476 g/mol. The van der Waals surface area contributed by atoms with Gasteiger partial charge >= 0.3 is 0 Å². The van der Waals surface area contributed by atoms with Crippen LogP contribution in [0.2, 0.25) is 0 Å². The number of nitrogens with zero attached hydrogens (tertiary/aromatic N) is 3. The van der Waals surface area contributed by atoms with Gasteiger partial charge in [0.05, 0.1) is 26.4 Å². The molecular formula is C18H29IN4O3. The van der Waals surface area contributed by atoms with E-state index in [4.69, 9.17) is 19.2 Å². The Balaban J connectivity index is 0.00000243. The Morgan fingerprint density at radius 1 is 1.38 bits per heavy atom. The van der Waals surface area contributed by atoms with Gasteiger partial charge in [0.25, 0.3) is 0 Å². The largest absolute Gasteiger partial charge is 0.481 e. The predicted molar refractivity (Wildman–Crippen MR) is 111 cm³/mol. The molecule has 0 saturated carbocycles. The Hall–Kier alpha value is -1.13. The number of ether oxygens (including phenoxy) is 3. The Bertz CT molecular complexity index is 581. The summed E-state index contributed by atoms with van der Waals surface area (Å²) < 4.78 is 16.9. The first-order valence-corrected chi connectivity index (χ1v) is 9.05. The normalized spacial score (nSPS) is 23.5. The highest BCUT2D eigenvalue weighted by molar-refractivity contribution is 14.0. The molecule has 2 aliphatic heterocycles. The van der Waals surface area contributed by atoms with E-state index in [0.29, 0.717) is 19.0 Å². The molecule has 2 fully saturated rings. The molecule has 1 N–H and O–H groups in total. The minimum Gasteiger partial charge on any atom is -0.481 e. The van der Waals surface area contributed by atoms with Crippen molar-refractivity contribution in [3.8, 4) is 5.88 Å². The van der Waals surface area contributed by atoms with Gasteiger partial charge in [-0.05, 0) is 31.4 Å². The standard InChI is InChI=1S/C18H28N4O3.HI/c1-3-19-18(21-12-14-6-7-20-17(11-14)23-2)22-8-10-25-16(13-22)15-5-4-9-24-15;/h6-7,11,15-16H,3-5,8-10,12-13H2,1-2H3,(H,19,21);1H. The van der Waals surface area contributed by atoms with E-state index in [1.165, 1.54) is 0 Å². The zero-order valence-corrected chi connectivity index (χ0v) is 17.8. The van der Waals surface area contributed by atoms with Crippen molar-refractivity contribution in [1.29, 1.82) is 0 Å². The van der Waals surface area contributed by atoms with Crippen molar-refractivity contribution in [2.75, 3.05) is 40.0 Å². The summed E-state index contributed by atoms with van der Waals surface area (Å²) in [7, 11) is 1.62.